The molecule has 3 nitrogen and oxygen atoms in total. The molecule has 0 aromatic heterocycles. The Morgan fingerprint density at radius 2 is 1.57 bits per heavy atom. The Labute approximate surface area is 129 Å². The number of hydrogen-bond donors (Lipinski definition) is 1. The van der Waals surface area contributed by atoms with Crippen molar-refractivity contribution in [1.82, 2.24) is 15.1 Å². The summed E-state index contributed by atoms with van der Waals surface area (Å²) in [5.41, 5.74) is 1.43. The monoisotopic (exact) mass is 287 g/mol. The average molecular weight is 287 g/mol. The molecule has 1 N–H and O–H groups in total. The molecule has 2 fully saturated rings. The van der Waals surface area contributed by atoms with E-state index in [1.807, 2.05) is 0 Å². The van der Waals surface area contributed by atoms with Gasteiger partial charge in [0.15, 0.2) is 0 Å². The second-order valence-corrected chi connectivity index (χ2v) is 6.47. The molecule has 1 atom stereocenters. The molecule has 2 saturated heterocycles. The van der Waals surface area contributed by atoms with Crippen molar-refractivity contribution in [3.63, 3.8) is 0 Å². The molecule has 0 spiro atoms. The molecule has 0 saturated carbocycles. The molecule has 0 amide bonds. The van der Waals surface area contributed by atoms with E-state index in [1.165, 1.54) is 64.0 Å². The quantitative estimate of drug-likeness (QED) is 0.918. The van der Waals surface area contributed by atoms with Gasteiger partial charge in [0.1, 0.15) is 0 Å². The van der Waals surface area contributed by atoms with Crippen molar-refractivity contribution in [2.75, 3.05) is 45.8 Å². The fourth-order valence-corrected chi connectivity index (χ4v) is 3.57. The van der Waals surface area contributed by atoms with Crippen LogP contribution in [0.4, 0.5) is 0 Å². The SMILES string of the molecule is c1ccc(C2CN(CCN3CCCCC3)CCCN2)cc1. The third kappa shape index (κ3) is 4.53. The van der Waals surface area contributed by atoms with Crippen molar-refractivity contribution in [1.29, 1.82) is 0 Å². The van der Waals surface area contributed by atoms with Crippen LogP contribution in [0.3, 0.4) is 0 Å². The number of nitrogens with one attached hydrogen (secondary N) is 1. The number of nitrogens with zero attached hydrogens (tertiary/aromatic N) is 2. The van der Waals surface area contributed by atoms with Gasteiger partial charge in [0.25, 0.3) is 0 Å². The van der Waals surface area contributed by atoms with Crippen molar-refractivity contribution in [3.8, 4) is 0 Å². The molecule has 1 aromatic carbocycles. The highest BCUT2D eigenvalue weighted by Gasteiger charge is 2.19. The zero-order valence-corrected chi connectivity index (χ0v) is 13.1. The zero-order valence-electron chi connectivity index (χ0n) is 13.1. The zero-order chi connectivity index (χ0) is 14.3. The van der Waals surface area contributed by atoms with Gasteiger partial charge in [0.05, 0.1) is 0 Å². The lowest BCUT2D eigenvalue weighted by Crippen LogP contribution is -2.39. The highest BCUT2D eigenvalue weighted by molar-refractivity contribution is 5.19. The molecule has 2 heterocycles. The lowest BCUT2D eigenvalue weighted by atomic mass is 10.1. The van der Waals surface area contributed by atoms with Crippen LogP contribution in [0.5, 0.6) is 0 Å². The van der Waals surface area contributed by atoms with Gasteiger partial charge in [-0.25, -0.2) is 0 Å². The minimum Gasteiger partial charge on any atom is -0.309 e. The normalized spacial score (nSPS) is 25.6. The van der Waals surface area contributed by atoms with E-state index in [0.29, 0.717) is 6.04 Å². The van der Waals surface area contributed by atoms with E-state index in [-0.39, 0.29) is 0 Å². The summed E-state index contributed by atoms with van der Waals surface area (Å²) in [5.74, 6) is 0. The maximum absolute atomic E-state index is 3.71. The maximum atomic E-state index is 3.71. The Morgan fingerprint density at radius 1 is 0.857 bits per heavy atom. The molecule has 1 aromatic rings. The Morgan fingerprint density at radius 3 is 2.38 bits per heavy atom. The number of rotatable bonds is 4. The van der Waals surface area contributed by atoms with Crippen LogP contribution in [-0.4, -0.2) is 55.6 Å². The van der Waals surface area contributed by atoms with Crippen molar-refractivity contribution < 1.29 is 0 Å². The first-order valence-electron chi connectivity index (χ1n) is 8.65. The first kappa shape index (κ1) is 15.0. The number of benzene rings is 1. The van der Waals surface area contributed by atoms with E-state index in [9.17, 15) is 0 Å². The van der Waals surface area contributed by atoms with E-state index in [2.05, 4.69) is 45.4 Å². The number of piperidine rings is 1. The lowest BCUT2D eigenvalue weighted by Gasteiger charge is -2.30. The van der Waals surface area contributed by atoms with Crippen molar-refractivity contribution in [2.45, 2.75) is 31.7 Å². The van der Waals surface area contributed by atoms with Gasteiger partial charge in [-0.2, -0.15) is 0 Å². The highest BCUT2D eigenvalue weighted by atomic mass is 15.2. The molecule has 1 unspecified atom stereocenters. The van der Waals surface area contributed by atoms with Crippen LogP contribution in [0.2, 0.25) is 0 Å². The van der Waals surface area contributed by atoms with Crippen LogP contribution < -0.4 is 5.32 Å². The second-order valence-electron chi connectivity index (χ2n) is 6.47. The molecular formula is C18H29N3. The van der Waals surface area contributed by atoms with Gasteiger partial charge >= 0.3 is 0 Å². The fourth-order valence-electron chi connectivity index (χ4n) is 3.57. The smallest absolute Gasteiger partial charge is 0.0449 e. The molecule has 3 rings (SSSR count). The highest BCUT2D eigenvalue weighted by Crippen LogP contribution is 2.17. The molecule has 0 bridgehead atoms. The van der Waals surface area contributed by atoms with Crippen LogP contribution in [0.25, 0.3) is 0 Å². The van der Waals surface area contributed by atoms with Crippen LogP contribution in [0.15, 0.2) is 30.3 Å². The Balaban J connectivity index is 1.52. The predicted molar refractivity (Wildman–Crippen MR) is 88.5 cm³/mol. The topological polar surface area (TPSA) is 18.5 Å². The molecule has 2 aliphatic rings. The number of hydrogen-bond acceptors (Lipinski definition) is 3. The Kier molecular flexibility index (Phi) is 5.67. The summed E-state index contributed by atoms with van der Waals surface area (Å²) in [6.07, 6.45) is 5.49. The van der Waals surface area contributed by atoms with Crippen LogP contribution in [0.1, 0.15) is 37.3 Å². The van der Waals surface area contributed by atoms with Gasteiger partial charge in [-0.05, 0) is 51.0 Å². The summed E-state index contributed by atoms with van der Waals surface area (Å²) in [6.45, 7) is 8.64. The maximum Gasteiger partial charge on any atom is 0.0449 e. The second kappa shape index (κ2) is 7.92. The van der Waals surface area contributed by atoms with E-state index in [4.69, 9.17) is 0 Å². The summed E-state index contributed by atoms with van der Waals surface area (Å²) in [5, 5.41) is 3.71. The van der Waals surface area contributed by atoms with E-state index in [0.717, 1.165) is 13.1 Å². The van der Waals surface area contributed by atoms with Gasteiger partial charge in [-0.1, -0.05) is 36.8 Å². The summed E-state index contributed by atoms with van der Waals surface area (Å²) in [4.78, 5) is 5.31. The molecular weight excluding hydrogens is 258 g/mol. The number of likely N-dealkylation sites (tertiary alicyclic amines) is 1. The average Bonchev–Trinajstić information content (AvgIpc) is 2.80. The van der Waals surface area contributed by atoms with E-state index < -0.39 is 0 Å². The first-order valence-corrected chi connectivity index (χ1v) is 8.65. The molecule has 0 aliphatic carbocycles. The summed E-state index contributed by atoms with van der Waals surface area (Å²) in [6, 6.07) is 11.4. The predicted octanol–water partition coefficient (Wildman–Crippen LogP) is 2.51. The summed E-state index contributed by atoms with van der Waals surface area (Å²) < 4.78 is 0. The van der Waals surface area contributed by atoms with Crippen molar-refractivity contribution >= 4 is 0 Å². The lowest BCUT2D eigenvalue weighted by molar-refractivity contribution is 0.180. The van der Waals surface area contributed by atoms with Crippen LogP contribution >= 0.6 is 0 Å². The largest absolute Gasteiger partial charge is 0.309 e. The molecule has 3 heteroatoms. The minimum atomic E-state index is 0.495. The fraction of sp³-hybridized carbons (Fsp3) is 0.667. The van der Waals surface area contributed by atoms with Gasteiger partial charge in [0, 0.05) is 25.7 Å². The van der Waals surface area contributed by atoms with E-state index >= 15 is 0 Å². The van der Waals surface area contributed by atoms with Crippen molar-refractivity contribution in [2.24, 2.45) is 0 Å². The Bertz CT molecular complexity index is 400. The van der Waals surface area contributed by atoms with Crippen LogP contribution in [0, 0.1) is 0 Å². The molecule has 2 aliphatic heterocycles. The van der Waals surface area contributed by atoms with Gasteiger partial charge in [0.2, 0.25) is 0 Å². The molecule has 21 heavy (non-hydrogen) atoms. The van der Waals surface area contributed by atoms with Crippen molar-refractivity contribution in [3.05, 3.63) is 35.9 Å². The van der Waals surface area contributed by atoms with Gasteiger partial charge < -0.3 is 15.1 Å². The summed E-state index contributed by atoms with van der Waals surface area (Å²) in [7, 11) is 0. The third-order valence-electron chi connectivity index (χ3n) is 4.87. The standard InChI is InChI=1S/C18H29N3/c1-3-8-17(9-4-1)18-16-21(13-7-10-19-18)15-14-20-11-5-2-6-12-20/h1,3-4,8-9,18-19H,2,5-7,10-16H2. The molecule has 0 radical (unpaired) electrons. The summed E-state index contributed by atoms with van der Waals surface area (Å²) >= 11 is 0. The van der Waals surface area contributed by atoms with Crippen LogP contribution in [-0.2, 0) is 0 Å². The Hall–Kier alpha value is -0.900. The third-order valence-corrected chi connectivity index (χ3v) is 4.87. The first-order chi connectivity index (χ1) is 10.4. The van der Waals surface area contributed by atoms with E-state index in [1.54, 1.807) is 0 Å². The molecule has 116 valence electrons. The van der Waals surface area contributed by atoms with Gasteiger partial charge in [-0.3, -0.25) is 0 Å². The van der Waals surface area contributed by atoms with Gasteiger partial charge in [-0.15, -0.1) is 0 Å². The minimum absolute atomic E-state index is 0.495.